The minimum Gasteiger partial charge on any atom is -0.392 e. The van der Waals surface area contributed by atoms with Crippen molar-refractivity contribution < 1.29 is 4.79 Å². The summed E-state index contributed by atoms with van der Waals surface area (Å²) in [6.45, 7) is 5.63. The molecule has 4 nitrogen and oxygen atoms in total. The van der Waals surface area contributed by atoms with Crippen molar-refractivity contribution in [2.24, 2.45) is 5.73 Å². The summed E-state index contributed by atoms with van der Waals surface area (Å²) < 4.78 is 0. The normalized spacial score (nSPS) is 9.46. The number of carbonyl (C=O) groups is 1. The highest BCUT2D eigenvalue weighted by molar-refractivity contribution is 7.80. The van der Waals surface area contributed by atoms with Gasteiger partial charge in [0.15, 0.2) is 0 Å². The van der Waals surface area contributed by atoms with Crippen LogP contribution in [0.5, 0.6) is 0 Å². The lowest BCUT2D eigenvalue weighted by molar-refractivity contribution is 0.173. The van der Waals surface area contributed by atoms with E-state index < -0.39 is 0 Å². The van der Waals surface area contributed by atoms with Crippen molar-refractivity contribution in [2.45, 2.75) is 13.8 Å². The fourth-order valence-electron chi connectivity index (χ4n) is 1.04. The maximum Gasteiger partial charge on any atom is 0.320 e. The molecule has 76 valence electrons. The summed E-state index contributed by atoms with van der Waals surface area (Å²) in [7, 11) is 1.69. The van der Waals surface area contributed by atoms with Crippen molar-refractivity contribution in [3.05, 3.63) is 0 Å². The molecule has 0 rings (SSSR count). The molecule has 13 heavy (non-hydrogen) atoms. The van der Waals surface area contributed by atoms with Crippen LogP contribution in [-0.2, 0) is 0 Å². The summed E-state index contributed by atoms with van der Waals surface area (Å²) in [5.41, 5.74) is 5.33. The fourth-order valence-corrected chi connectivity index (χ4v) is 1.23. The van der Waals surface area contributed by atoms with Gasteiger partial charge in [0.05, 0.1) is 11.5 Å². The summed E-state index contributed by atoms with van der Waals surface area (Å²) in [5.74, 6) is 0. The molecule has 2 amide bonds. The molecular formula is C8H17N3OS. The summed E-state index contributed by atoms with van der Waals surface area (Å²) >= 11 is 4.72. The second-order valence-electron chi connectivity index (χ2n) is 2.78. The standard InChI is InChI=1S/C8H17N3OS/c1-4-11(5-2)8(12)10(3)6-7(9)13/h4-6H2,1-3H3,(H2,9,13). The van der Waals surface area contributed by atoms with E-state index in [9.17, 15) is 4.79 Å². The second-order valence-corrected chi connectivity index (χ2v) is 3.30. The number of thiocarbonyl (C=S) groups is 1. The SMILES string of the molecule is CCN(CC)C(=O)N(C)CC(N)=S. The van der Waals surface area contributed by atoms with Gasteiger partial charge in [-0.3, -0.25) is 0 Å². The summed E-state index contributed by atoms with van der Waals surface area (Å²) in [6, 6.07) is -0.0298. The van der Waals surface area contributed by atoms with Crippen LogP contribution in [0.4, 0.5) is 4.79 Å². The number of likely N-dealkylation sites (N-methyl/N-ethyl adjacent to an activating group) is 1. The van der Waals surface area contributed by atoms with Gasteiger partial charge >= 0.3 is 6.03 Å². The van der Waals surface area contributed by atoms with Gasteiger partial charge < -0.3 is 15.5 Å². The zero-order chi connectivity index (χ0) is 10.4. The van der Waals surface area contributed by atoms with Crippen molar-refractivity contribution in [1.29, 1.82) is 0 Å². The molecule has 2 N–H and O–H groups in total. The van der Waals surface area contributed by atoms with E-state index in [0.29, 0.717) is 24.6 Å². The second kappa shape index (κ2) is 5.75. The average molecular weight is 203 g/mol. The van der Waals surface area contributed by atoms with E-state index in [1.54, 1.807) is 11.9 Å². The van der Waals surface area contributed by atoms with Crippen LogP contribution in [0.1, 0.15) is 13.8 Å². The Labute approximate surface area is 84.7 Å². The average Bonchev–Trinajstić information content (AvgIpc) is 2.05. The summed E-state index contributed by atoms with van der Waals surface area (Å²) in [6.07, 6.45) is 0. The number of urea groups is 1. The number of hydrogen-bond donors (Lipinski definition) is 1. The smallest absolute Gasteiger partial charge is 0.320 e. The third-order valence-electron chi connectivity index (χ3n) is 1.75. The molecule has 0 fully saturated rings. The van der Waals surface area contributed by atoms with Gasteiger partial charge in [0.25, 0.3) is 0 Å². The number of nitrogens with two attached hydrogens (primary N) is 1. The molecule has 0 saturated carbocycles. The van der Waals surface area contributed by atoms with Crippen molar-refractivity contribution in [1.82, 2.24) is 9.80 Å². The van der Waals surface area contributed by atoms with Gasteiger partial charge in [-0.15, -0.1) is 0 Å². The van der Waals surface area contributed by atoms with Crippen LogP contribution in [0.3, 0.4) is 0 Å². The fraction of sp³-hybridized carbons (Fsp3) is 0.750. The van der Waals surface area contributed by atoms with Gasteiger partial charge in [0, 0.05) is 20.1 Å². The van der Waals surface area contributed by atoms with Crippen LogP contribution >= 0.6 is 12.2 Å². The third-order valence-corrected chi connectivity index (χ3v) is 1.88. The summed E-state index contributed by atoms with van der Waals surface area (Å²) in [5, 5.41) is 0. The maximum absolute atomic E-state index is 11.6. The minimum absolute atomic E-state index is 0.0298. The first kappa shape index (κ1) is 12.2. The van der Waals surface area contributed by atoms with E-state index in [1.807, 2.05) is 13.8 Å². The molecule has 0 spiro atoms. The minimum atomic E-state index is -0.0298. The van der Waals surface area contributed by atoms with Crippen LogP contribution in [-0.4, -0.2) is 47.5 Å². The molecule has 0 bridgehead atoms. The highest BCUT2D eigenvalue weighted by Crippen LogP contribution is 1.95. The molecule has 0 aliphatic rings. The predicted molar refractivity (Wildman–Crippen MR) is 57.7 cm³/mol. The predicted octanol–water partition coefficient (Wildman–Crippen LogP) is 0.666. The Kier molecular flexibility index (Phi) is 5.37. The lowest BCUT2D eigenvalue weighted by atomic mass is 10.5. The Morgan fingerprint density at radius 1 is 1.38 bits per heavy atom. The first-order valence-electron chi connectivity index (χ1n) is 4.31. The van der Waals surface area contributed by atoms with Crippen molar-refractivity contribution in [3.8, 4) is 0 Å². The van der Waals surface area contributed by atoms with Crippen LogP contribution in [0, 0.1) is 0 Å². The van der Waals surface area contributed by atoms with Gasteiger partial charge in [0.2, 0.25) is 0 Å². The van der Waals surface area contributed by atoms with Crippen LogP contribution in [0.25, 0.3) is 0 Å². The Morgan fingerprint density at radius 2 is 1.85 bits per heavy atom. The number of hydrogen-bond acceptors (Lipinski definition) is 2. The molecule has 0 saturated heterocycles. The maximum atomic E-state index is 11.6. The molecule has 5 heteroatoms. The number of amides is 2. The van der Waals surface area contributed by atoms with Gasteiger partial charge in [-0.05, 0) is 13.8 Å². The monoisotopic (exact) mass is 203 g/mol. The highest BCUT2D eigenvalue weighted by Gasteiger charge is 2.14. The molecule has 0 heterocycles. The summed E-state index contributed by atoms with van der Waals surface area (Å²) in [4.78, 5) is 15.2. The van der Waals surface area contributed by atoms with E-state index >= 15 is 0 Å². The largest absolute Gasteiger partial charge is 0.392 e. The lowest BCUT2D eigenvalue weighted by Crippen LogP contribution is -2.43. The molecule has 0 aromatic rings. The molecule has 0 aromatic heterocycles. The van der Waals surface area contributed by atoms with E-state index in [4.69, 9.17) is 18.0 Å². The van der Waals surface area contributed by atoms with E-state index in [1.165, 1.54) is 4.90 Å². The molecule has 0 radical (unpaired) electrons. The molecule has 0 aliphatic carbocycles. The van der Waals surface area contributed by atoms with Gasteiger partial charge in [-0.25, -0.2) is 4.79 Å². The molecule has 0 aliphatic heterocycles. The van der Waals surface area contributed by atoms with Crippen molar-refractivity contribution in [3.63, 3.8) is 0 Å². The Bertz CT molecular complexity index is 192. The van der Waals surface area contributed by atoms with Crippen LogP contribution in [0.2, 0.25) is 0 Å². The van der Waals surface area contributed by atoms with Gasteiger partial charge in [0.1, 0.15) is 0 Å². The topological polar surface area (TPSA) is 49.6 Å². The van der Waals surface area contributed by atoms with Gasteiger partial charge in [-0.2, -0.15) is 0 Å². The zero-order valence-corrected chi connectivity index (χ0v) is 9.23. The lowest BCUT2D eigenvalue weighted by Gasteiger charge is -2.25. The Morgan fingerprint density at radius 3 is 2.15 bits per heavy atom. The van der Waals surface area contributed by atoms with E-state index in [-0.39, 0.29) is 6.03 Å². The molecule has 0 atom stereocenters. The Hall–Kier alpha value is -0.840. The van der Waals surface area contributed by atoms with Crippen LogP contribution < -0.4 is 5.73 Å². The molecule has 0 aromatic carbocycles. The third kappa shape index (κ3) is 4.07. The molecular weight excluding hydrogens is 186 g/mol. The molecule has 0 unspecified atom stereocenters. The quantitative estimate of drug-likeness (QED) is 0.683. The van der Waals surface area contributed by atoms with Crippen LogP contribution in [0.15, 0.2) is 0 Å². The van der Waals surface area contributed by atoms with Crippen molar-refractivity contribution >= 4 is 23.2 Å². The number of rotatable bonds is 4. The number of carbonyl (C=O) groups excluding carboxylic acids is 1. The first-order valence-corrected chi connectivity index (χ1v) is 4.72. The first-order chi connectivity index (χ1) is 6.02. The van der Waals surface area contributed by atoms with Gasteiger partial charge in [-0.1, -0.05) is 12.2 Å². The zero-order valence-electron chi connectivity index (χ0n) is 8.41. The highest BCUT2D eigenvalue weighted by atomic mass is 32.1. The number of nitrogens with zero attached hydrogens (tertiary/aromatic N) is 2. The van der Waals surface area contributed by atoms with E-state index in [0.717, 1.165) is 0 Å². The van der Waals surface area contributed by atoms with E-state index in [2.05, 4.69) is 0 Å². The van der Waals surface area contributed by atoms with Crippen molar-refractivity contribution in [2.75, 3.05) is 26.7 Å². The Balaban J connectivity index is 4.14.